The third-order valence-corrected chi connectivity index (χ3v) is 3.87. The highest BCUT2D eigenvalue weighted by Gasteiger charge is 2.09. The van der Waals surface area contributed by atoms with E-state index >= 15 is 0 Å². The van der Waals surface area contributed by atoms with Crippen molar-refractivity contribution >= 4 is 21.8 Å². The van der Waals surface area contributed by atoms with E-state index in [1.807, 2.05) is 6.08 Å². The van der Waals surface area contributed by atoms with E-state index in [9.17, 15) is 0 Å². The monoisotopic (exact) mass is 265 g/mol. The molecule has 0 aliphatic carbocycles. The van der Waals surface area contributed by atoms with E-state index in [1.54, 1.807) is 0 Å². The van der Waals surface area contributed by atoms with Crippen LogP contribution in [0.15, 0.2) is 55.1 Å². The van der Waals surface area contributed by atoms with E-state index in [0.717, 1.165) is 19.6 Å². The summed E-state index contributed by atoms with van der Waals surface area (Å²) in [5, 5.41) is 4.99. The third-order valence-electron chi connectivity index (χ3n) is 3.87. The van der Waals surface area contributed by atoms with Gasteiger partial charge in [-0.1, -0.05) is 30.8 Å². The average Bonchev–Trinajstić information content (AvgIpc) is 2.81. The molecule has 20 heavy (non-hydrogen) atoms. The fourth-order valence-corrected chi connectivity index (χ4v) is 2.94. The number of aromatic nitrogens is 1. The number of para-hydroxylation sites is 1. The molecule has 2 N–H and O–H groups in total. The normalized spacial score (nSPS) is 11.2. The summed E-state index contributed by atoms with van der Waals surface area (Å²) >= 11 is 0. The van der Waals surface area contributed by atoms with Gasteiger partial charge in [-0.3, -0.25) is 0 Å². The summed E-state index contributed by atoms with van der Waals surface area (Å²) in [6.07, 6.45) is 1.95. The highest BCUT2D eigenvalue weighted by molar-refractivity contribution is 6.08. The molecule has 3 aromatic rings. The Morgan fingerprint density at radius 1 is 1.10 bits per heavy atom. The SMILES string of the molecule is C=CC[NH2+]Cc1ccc2c(c1)c1ccccc1n2CC. The van der Waals surface area contributed by atoms with Gasteiger partial charge in [0, 0.05) is 33.9 Å². The first kappa shape index (κ1) is 12.9. The summed E-state index contributed by atoms with van der Waals surface area (Å²) < 4.78 is 2.39. The molecule has 0 saturated heterocycles. The van der Waals surface area contributed by atoms with Crippen LogP contribution < -0.4 is 5.32 Å². The smallest absolute Gasteiger partial charge is 0.101 e. The van der Waals surface area contributed by atoms with Crippen molar-refractivity contribution in [3.8, 4) is 0 Å². The molecule has 0 fully saturated rings. The number of quaternary nitrogens is 1. The van der Waals surface area contributed by atoms with Crippen molar-refractivity contribution in [3.63, 3.8) is 0 Å². The van der Waals surface area contributed by atoms with E-state index < -0.39 is 0 Å². The molecule has 2 nitrogen and oxygen atoms in total. The predicted molar refractivity (Wildman–Crippen MR) is 85.8 cm³/mol. The maximum absolute atomic E-state index is 3.76. The van der Waals surface area contributed by atoms with Crippen molar-refractivity contribution in [2.24, 2.45) is 0 Å². The van der Waals surface area contributed by atoms with Crippen molar-refractivity contribution in [3.05, 3.63) is 60.7 Å². The van der Waals surface area contributed by atoms with Crippen LogP contribution >= 0.6 is 0 Å². The quantitative estimate of drug-likeness (QED) is 0.541. The van der Waals surface area contributed by atoms with Crippen LogP contribution in [0.5, 0.6) is 0 Å². The average molecular weight is 265 g/mol. The van der Waals surface area contributed by atoms with Gasteiger partial charge in [0.25, 0.3) is 0 Å². The lowest BCUT2D eigenvalue weighted by atomic mass is 10.1. The van der Waals surface area contributed by atoms with Crippen molar-refractivity contribution in [2.75, 3.05) is 6.54 Å². The Kier molecular flexibility index (Phi) is 3.57. The van der Waals surface area contributed by atoms with Crippen LogP contribution in [0.2, 0.25) is 0 Å². The Morgan fingerprint density at radius 2 is 1.90 bits per heavy atom. The number of fused-ring (bicyclic) bond motifs is 3. The van der Waals surface area contributed by atoms with Gasteiger partial charge in [0.05, 0.1) is 6.54 Å². The molecule has 0 bridgehead atoms. The Morgan fingerprint density at radius 3 is 2.70 bits per heavy atom. The molecule has 0 radical (unpaired) electrons. The number of benzene rings is 2. The van der Waals surface area contributed by atoms with Gasteiger partial charge in [0.1, 0.15) is 6.54 Å². The third kappa shape index (κ3) is 2.12. The Labute approximate surface area is 119 Å². The van der Waals surface area contributed by atoms with Gasteiger partial charge >= 0.3 is 0 Å². The number of nitrogens with two attached hydrogens (primary N) is 1. The predicted octanol–water partition coefficient (Wildman–Crippen LogP) is 3.06. The number of nitrogens with zero attached hydrogens (tertiary/aromatic N) is 1. The van der Waals surface area contributed by atoms with Crippen LogP contribution in [0.25, 0.3) is 21.8 Å². The fourth-order valence-electron chi connectivity index (χ4n) is 2.94. The molecule has 0 spiro atoms. The number of aryl methyl sites for hydroxylation is 1. The van der Waals surface area contributed by atoms with Crippen LogP contribution in [-0.2, 0) is 13.1 Å². The largest absolute Gasteiger partial charge is 0.341 e. The second-order valence-corrected chi connectivity index (χ2v) is 5.13. The van der Waals surface area contributed by atoms with Crippen LogP contribution in [0.4, 0.5) is 0 Å². The first-order valence-electron chi connectivity index (χ1n) is 7.27. The first-order chi connectivity index (χ1) is 9.85. The van der Waals surface area contributed by atoms with Crippen molar-refractivity contribution in [1.82, 2.24) is 4.57 Å². The van der Waals surface area contributed by atoms with E-state index in [-0.39, 0.29) is 0 Å². The van der Waals surface area contributed by atoms with Gasteiger partial charge in [-0.05, 0) is 31.2 Å². The zero-order valence-corrected chi connectivity index (χ0v) is 12.0. The topological polar surface area (TPSA) is 21.5 Å². The van der Waals surface area contributed by atoms with Crippen LogP contribution in [0.3, 0.4) is 0 Å². The van der Waals surface area contributed by atoms with Gasteiger partial charge in [-0.2, -0.15) is 0 Å². The van der Waals surface area contributed by atoms with Gasteiger partial charge in [-0.15, -0.1) is 0 Å². The molecule has 1 aromatic heterocycles. The van der Waals surface area contributed by atoms with Crippen LogP contribution in [0, 0.1) is 0 Å². The lowest BCUT2D eigenvalue weighted by Gasteiger charge is -2.03. The van der Waals surface area contributed by atoms with E-state index in [1.165, 1.54) is 27.4 Å². The van der Waals surface area contributed by atoms with E-state index in [2.05, 4.69) is 65.9 Å². The molecule has 0 atom stereocenters. The second kappa shape index (κ2) is 5.51. The lowest BCUT2D eigenvalue weighted by Crippen LogP contribution is -2.82. The van der Waals surface area contributed by atoms with Gasteiger partial charge in [0.15, 0.2) is 0 Å². The minimum Gasteiger partial charge on any atom is -0.341 e. The lowest BCUT2D eigenvalue weighted by molar-refractivity contribution is -0.662. The van der Waals surface area contributed by atoms with Gasteiger partial charge in [-0.25, -0.2) is 0 Å². The van der Waals surface area contributed by atoms with E-state index in [4.69, 9.17) is 0 Å². The summed E-state index contributed by atoms with van der Waals surface area (Å²) in [6.45, 7) is 8.95. The molecule has 0 aliphatic rings. The second-order valence-electron chi connectivity index (χ2n) is 5.13. The molecular formula is C18H21N2+. The number of rotatable bonds is 5. The van der Waals surface area contributed by atoms with E-state index in [0.29, 0.717) is 0 Å². The molecule has 0 amide bonds. The van der Waals surface area contributed by atoms with Crippen LogP contribution in [-0.4, -0.2) is 11.1 Å². The fraction of sp³-hybridized carbons (Fsp3) is 0.222. The zero-order chi connectivity index (χ0) is 13.9. The molecule has 0 unspecified atom stereocenters. The molecule has 102 valence electrons. The Balaban J connectivity index is 2.13. The first-order valence-corrected chi connectivity index (χ1v) is 7.27. The maximum atomic E-state index is 3.76. The maximum Gasteiger partial charge on any atom is 0.101 e. The standard InChI is InChI=1S/C18H20N2/c1-3-11-19-13-14-9-10-18-16(12-14)15-7-5-6-8-17(15)20(18)4-2/h3,5-10,12,19H,1,4,11,13H2,2H3/p+1. The molecule has 0 aliphatic heterocycles. The zero-order valence-electron chi connectivity index (χ0n) is 12.0. The summed E-state index contributed by atoms with van der Waals surface area (Å²) in [7, 11) is 0. The molecule has 2 heteroatoms. The summed E-state index contributed by atoms with van der Waals surface area (Å²) in [4.78, 5) is 0. The highest BCUT2D eigenvalue weighted by Crippen LogP contribution is 2.29. The van der Waals surface area contributed by atoms with Crippen molar-refractivity contribution in [2.45, 2.75) is 20.0 Å². The molecule has 0 saturated carbocycles. The summed E-state index contributed by atoms with van der Waals surface area (Å²) in [5.41, 5.74) is 4.04. The van der Waals surface area contributed by atoms with Crippen LogP contribution in [0.1, 0.15) is 12.5 Å². The van der Waals surface area contributed by atoms with Crippen molar-refractivity contribution in [1.29, 1.82) is 0 Å². The molecule has 3 rings (SSSR count). The highest BCUT2D eigenvalue weighted by atomic mass is 15.0. The summed E-state index contributed by atoms with van der Waals surface area (Å²) in [5.74, 6) is 0. The van der Waals surface area contributed by atoms with Gasteiger partial charge in [0.2, 0.25) is 0 Å². The Bertz CT molecular complexity index is 753. The minimum absolute atomic E-state index is 0.967. The number of hydrogen-bond donors (Lipinski definition) is 1. The molecule has 1 heterocycles. The minimum atomic E-state index is 0.967. The Hall–Kier alpha value is -2.06. The van der Waals surface area contributed by atoms with Gasteiger partial charge < -0.3 is 9.88 Å². The molecule has 2 aromatic carbocycles. The number of hydrogen-bond acceptors (Lipinski definition) is 0. The van der Waals surface area contributed by atoms with Crippen molar-refractivity contribution < 1.29 is 5.32 Å². The molecular weight excluding hydrogens is 244 g/mol. The summed E-state index contributed by atoms with van der Waals surface area (Å²) in [6, 6.07) is 15.5.